The van der Waals surface area contributed by atoms with E-state index >= 15 is 0 Å². The van der Waals surface area contributed by atoms with Crippen LogP contribution in [0.2, 0.25) is 0 Å². The summed E-state index contributed by atoms with van der Waals surface area (Å²) in [5, 5.41) is 0.596. The van der Waals surface area contributed by atoms with Gasteiger partial charge in [-0.1, -0.05) is 0 Å². The summed E-state index contributed by atoms with van der Waals surface area (Å²) in [5.74, 6) is 0.805. The van der Waals surface area contributed by atoms with Gasteiger partial charge in [0.2, 0.25) is 0 Å². The number of likely N-dealkylation sites (tertiary alicyclic amines) is 1. The summed E-state index contributed by atoms with van der Waals surface area (Å²) in [4.78, 5) is 49.7. The lowest BCUT2D eigenvalue weighted by Gasteiger charge is -2.30. The molecule has 1 atom stereocenters. The monoisotopic (exact) mass is 480 g/mol. The highest BCUT2D eigenvalue weighted by Crippen LogP contribution is 2.34. The zero-order chi connectivity index (χ0) is 24.1. The van der Waals surface area contributed by atoms with Crippen LogP contribution in [-0.2, 0) is 17.9 Å². The molecular formula is C25H28N4O4S. The summed E-state index contributed by atoms with van der Waals surface area (Å²) in [5.41, 5.74) is 1.73. The number of hydrogen-bond donors (Lipinski definition) is 0. The van der Waals surface area contributed by atoms with Gasteiger partial charge in [-0.15, -0.1) is 11.3 Å². The van der Waals surface area contributed by atoms with Gasteiger partial charge in [0.05, 0.1) is 24.2 Å². The highest BCUT2D eigenvalue weighted by Gasteiger charge is 2.30. The molecule has 34 heavy (non-hydrogen) atoms. The number of fused-ring (bicyclic) bond motifs is 2. The summed E-state index contributed by atoms with van der Waals surface area (Å²) in [7, 11) is 1.67. The number of thiophene rings is 1. The van der Waals surface area contributed by atoms with Gasteiger partial charge in [0.1, 0.15) is 16.4 Å². The van der Waals surface area contributed by atoms with E-state index in [9.17, 15) is 14.4 Å². The number of ketones is 1. The average Bonchev–Trinajstić information content (AvgIpc) is 3.42. The second-order valence-electron chi connectivity index (χ2n) is 9.13. The molecule has 1 aromatic carbocycles. The smallest absolute Gasteiger partial charge is 0.267 e. The maximum atomic E-state index is 13.6. The Labute approximate surface area is 201 Å². The molecule has 2 aliphatic rings. The van der Waals surface area contributed by atoms with Crippen LogP contribution in [-0.4, -0.2) is 52.4 Å². The van der Waals surface area contributed by atoms with Gasteiger partial charge < -0.3 is 9.64 Å². The predicted molar refractivity (Wildman–Crippen MR) is 132 cm³/mol. The van der Waals surface area contributed by atoms with Gasteiger partial charge in [0, 0.05) is 17.5 Å². The minimum absolute atomic E-state index is 0.104. The lowest BCUT2D eigenvalue weighted by Crippen LogP contribution is -2.42. The first kappa shape index (κ1) is 22.7. The fourth-order valence-corrected chi connectivity index (χ4v) is 5.75. The van der Waals surface area contributed by atoms with Crippen molar-refractivity contribution in [2.45, 2.75) is 52.8 Å². The molecule has 1 unspecified atom stereocenters. The van der Waals surface area contributed by atoms with E-state index < -0.39 is 6.10 Å². The first-order valence-corrected chi connectivity index (χ1v) is 12.4. The van der Waals surface area contributed by atoms with E-state index in [1.165, 1.54) is 20.8 Å². The minimum atomic E-state index is -0.569. The van der Waals surface area contributed by atoms with E-state index in [1.807, 2.05) is 13.8 Å². The quantitative estimate of drug-likeness (QED) is 0.521. The number of anilines is 1. The number of aryl methyl sites for hydroxylation is 2. The van der Waals surface area contributed by atoms with Crippen molar-refractivity contribution in [2.75, 3.05) is 25.0 Å². The number of aromatic nitrogens is 2. The molecular weight excluding hydrogens is 452 g/mol. The zero-order valence-electron chi connectivity index (χ0n) is 19.9. The molecule has 0 spiro atoms. The summed E-state index contributed by atoms with van der Waals surface area (Å²) in [6.45, 7) is 7.99. The summed E-state index contributed by atoms with van der Waals surface area (Å²) in [6.07, 6.45) is 1.69. The van der Waals surface area contributed by atoms with E-state index in [0.717, 1.165) is 41.2 Å². The van der Waals surface area contributed by atoms with Crippen LogP contribution in [0.3, 0.4) is 0 Å². The molecule has 2 aliphatic heterocycles. The maximum Gasteiger partial charge on any atom is 0.267 e. The average molecular weight is 481 g/mol. The fraction of sp³-hybridized carbons (Fsp3) is 0.440. The maximum absolute atomic E-state index is 13.6. The van der Waals surface area contributed by atoms with Gasteiger partial charge in [-0.25, -0.2) is 4.98 Å². The molecule has 4 heterocycles. The van der Waals surface area contributed by atoms with Crippen LogP contribution in [0.25, 0.3) is 10.2 Å². The van der Waals surface area contributed by atoms with Crippen molar-refractivity contribution in [3.8, 4) is 5.75 Å². The van der Waals surface area contributed by atoms with E-state index in [2.05, 4.69) is 4.90 Å². The second-order valence-corrected chi connectivity index (χ2v) is 10.3. The van der Waals surface area contributed by atoms with Gasteiger partial charge >= 0.3 is 0 Å². The van der Waals surface area contributed by atoms with Gasteiger partial charge in [-0.2, -0.15) is 0 Å². The van der Waals surface area contributed by atoms with E-state index in [4.69, 9.17) is 9.72 Å². The molecule has 0 saturated carbocycles. The molecule has 1 saturated heterocycles. The summed E-state index contributed by atoms with van der Waals surface area (Å²) in [6, 6.07) is 5.07. The Kier molecular flexibility index (Phi) is 5.77. The highest BCUT2D eigenvalue weighted by atomic mass is 32.1. The molecule has 0 radical (unpaired) electrons. The third-order valence-electron chi connectivity index (χ3n) is 6.86. The molecule has 0 aliphatic carbocycles. The third kappa shape index (κ3) is 3.82. The molecule has 0 bridgehead atoms. The zero-order valence-corrected chi connectivity index (χ0v) is 20.7. The molecule has 1 amide bonds. The number of rotatable bonds is 5. The van der Waals surface area contributed by atoms with E-state index in [0.29, 0.717) is 34.8 Å². The lowest BCUT2D eigenvalue weighted by molar-refractivity contribution is -0.125. The summed E-state index contributed by atoms with van der Waals surface area (Å²) >= 11 is 1.53. The number of hydrogen-bond acceptors (Lipinski definition) is 7. The molecule has 3 aromatic rings. The molecule has 2 aromatic heterocycles. The Morgan fingerprint density at radius 1 is 1.21 bits per heavy atom. The lowest BCUT2D eigenvalue weighted by atomic mass is 10.1. The van der Waals surface area contributed by atoms with Crippen molar-refractivity contribution in [3.63, 3.8) is 0 Å². The van der Waals surface area contributed by atoms with Gasteiger partial charge in [-0.3, -0.25) is 23.9 Å². The SMILES string of the molecule is Cc1sc2nc(CN3CCCC3)n(CC(=O)c3ccc4c(c3)N(C)C(=O)C(C)O4)c(=O)c2c1C. The number of nitrogens with zero attached hydrogens (tertiary/aromatic N) is 4. The van der Waals surface area contributed by atoms with Crippen molar-refractivity contribution in [3.05, 3.63) is 50.4 Å². The number of amides is 1. The first-order valence-electron chi connectivity index (χ1n) is 11.6. The number of likely N-dealkylation sites (N-methyl/N-ethyl adjacent to an activating group) is 1. The van der Waals surface area contributed by atoms with Crippen LogP contribution in [0.4, 0.5) is 5.69 Å². The number of ether oxygens (including phenoxy) is 1. The van der Waals surface area contributed by atoms with Crippen molar-refractivity contribution in [2.24, 2.45) is 0 Å². The number of carbonyl (C=O) groups excluding carboxylic acids is 2. The molecule has 8 nitrogen and oxygen atoms in total. The number of benzene rings is 1. The molecule has 178 valence electrons. The van der Waals surface area contributed by atoms with Crippen molar-refractivity contribution in [1.82, 2.24) is 14.5 Å². The van der Waals surface area contributed by atoms with Crippen LogP contribution in [0, 0.1) is 13.8 Å². The number of carbonyl (C=O) groups is 2. The normalized spacial score (nSPS) is 18.4. The van der Waals surface area contributed by atoms with Crippen molar-refractivity contribution >= 4 is 38.9 Å². The second kappa shape index (κ2) is 8.63. The first-order chi connectivity index (χ1) is 16.2. The predicted octanol–water partition coefficient (Wildman–Crippen LogP) is 3.30. The topological polar surface area (TPSA) is 84.7 Å². The van der Waals surface area contributed by atoms with Gasteiger partial charge in [0.25, 0.3) is 11.5 Å². The van der Waals surface area contributed by atoms with Crippen LogP contribution in [0.1, 0.15) is 46.4 Å². The van der Waals surface area contributed by atoms with Crippen LogP contribution in [0.5, 0.6) is 5.75 Å². The third-order valence-corrected chi connectivity index (χ3v) is 7.96. The Bertz CT molecular complexity index is 1370. The van der Waals surface area contributed by atoms with Crippen molar-refractivity contribution in [1.29, 1.82) is 0 Å². The van der Waals surface area contributed by atoms with Gasteiger partial charge in [-0.05, 0) is 70.5 Å². The minimum Gasteiger partial charge on any atom is -0.479 e. The Morgan fingerprint density at radius 2 is 1.94 bits per heavy atom. The fourth-order valence-electron chi connectivity index (χ4n) is 4.71. The standard InChI is InChI=1S/C25H28N4O4S/c1-14-16(3)34-23-22(14)25(32)29(21(26-23)13-28-9-5-6-10-28)12-19(30)17-7-8-20-18(11-17)27(4)24(31)15(2)33-20/h7-8,11,15H,5-6,9-10,12-13H2,1-4H3. The van der Waals surface area contributed by atoms with Crippen LogP contribution < -0.4 is 15.2 Å². The molecule has 9 heteroatoms. The summed E-state index contributed by atoms with van der Waals surface area (Å²) < 4.78 is 7.21. The molecule has 5 rings (SSSR count). The van der Waals surface area contributed by atoms with Crippen molar-refractivity contribution < 1.29 is 14.3 Å². The van der Waals surface area contributed by atoms with Gasteiger partial charge in [0.15, 0.2) is 11.9 Å². The molecule has 0 N–H and O–H groups in total. The van der Waals surface area contributed by atoms with Crippen LogP contribution in [0.15, 0.2) is 23.0 Å². The Hall–Kier alpha value is -3.04. The van der Waals surface area contributed by atoms with E-state index in [1.54, 1.807) is 32.2 Å². The number of Topliss-reactive ketones (excluding diaryl/α,β-unsaturated/α-hetero) is 1. The van der Waals surface area contributed by atoms with Crippen LogP contribution >= 0.6 is 11.3 Å². The largest absolute Gasteiger partial charge is 0.479 e. The van der Waals surface area contributed by atoms with E-state index in [-0.39, 0.29) is 23.8 Å². The Balaban J connectivity index is 1.53. The highest BCUT2D eigenvalue weighted by molar-refractivity contribution is 7.18. The Morgan fingerprint density at radius 3 is 2.68 bits per heavy atom. The molecule has 1 fully saturated rings.